The summed E-state index contributed by atoms with van der Waals surface area (Å²) in [5.41, 5.74) is -0.206. The topological polar surface area (TPSA) is 60.5 Å². The molecule has 1 aliphatic heterocycles. The van der Waals surface area contributed by atoms with Crippen molar-refractivity contribution in [1.29, 1.82) is 0 Å². The van der Waals surface area contributed by atoms with Crippen LogP contribution < -0.4 is 14.8 Å². The number of aromatic nitrogens is 1. The fraction of sp³-hybridized carbons (Fsp3) is 0.222. The molecule has 2 aromatic rings. The van der Waals surface area contributed by atoms with E-state index in [4.69, 9.17) is 9.47 Å². The Hall–Kier alpha value is -2.55. The van der Waals surface area contributed by atoms with Gasteiger partial charge in [0.1, 0.15) is 18.1 Å². The number of halogens is 4. The Labute approximate surface area is 161 Å². The highest BCUT2D eigenvalue weighted by molar-refractivity contribution is 9.10. The van der Waals surface area contributed by atoms with Crippen molar-refractivity contribution in [1.82, 2.24) is 10.3 Å². The van der Waals surface area contributed by atoms with Crippen molar-refractivity contribution in [2.24, 2.45) is 0 Å². The second-order valence-corrected chi connectivity index (χ2v) is 6.71. The number of ether oxygens (including phenoxy) is 2. The zero-order chi connectivity index (χ0) is 19.6. The molecule has 142 valence electrons. The minimum Gasteiger partial charge on any atom is -0.487 e. The molecule has 5 nitrogen and oxygen atoms in total. The second kappa shape index (κ2) is 7.59. The highest BCUT2D eigenvalue weighted by Gasteiger charge is 2.32. The van der Waals surface area contributed by atoms with Crippen molar-refractivity contribution in [2.45, 2.75) is 18.6 Å². The number of alkyl halides is 3. The van der Waals surface area contributed by atoms with E-state index in [1.165, 1.54) is 12.1 Å². The van der Waals surface area contributed by atoms with Crippen LogP contribution in [0.5, 0.6) is 17.2 Å². The van der Waals surface area contributed by atoms with Gasteiger partial charge in [-0.2, -0.15) is 13.2 Å². The molecule has 1 unspecified atom stereocenters. The maximum Gasteiger partial charge on any atom is 0.433 e. The monoisotopic (exact) mass is 442 g/mol. The number of nitrogens with one attached hydrogen (secondary N) is 1. The van der Waals surface area contributed by atoms with E-state index < -0.39 is 11.9 Å². The van der Waals surface area contributed by atoms with E-state index in [0.29, 0.717) is 22.4 Å². The van der Waals surface area contributed by atoms with E-state index in [2.05, 4.69) is 32.8 Å². The molecule has 0 aliphatic carbocycles. The first-order valence-corrected chi connectivity index (χ1v) is 8.65. The lowest BCUT2D eigenvalue weighted by Crippen LogP contribution is -2.42. The molecule has 1 aromatic carbocycles. The van der Waals surface area contributed by atoms with Crippen LogP contribution in [0.4, 0.5) is 13.2 Å². The fourth-order valence-electron chi connectivity index (χ4n) is 2.61. The van der Waals surface area contributed by atoms with Gasteiger partial charge in [0.05, 0.1) is 12.2 Å². The molecule has 0 saturated heterocycles. The van der Waals surface area contributed by atoms with Gasteiger partial charge in [0.15, 0.2) is 11.5 Å². The molecule has 27 heavy (non-hydrogen) atoms. The van der Waals surface area contributed by atoms with Gasteiger partial charge in [0, 0.05) is 10.0 Å². The number of amides is 1. The Morgan fingerprint density at radius 3 is 2.81 bits per heavy atom. The van der Waals surface area contributed by atoms with Crippen LogP contribution in [-0.2, 0) is 17.4 Å². The van der Waals surface area contributed by atoms with E-state index in [1.54, 1.807) is 6.07 Å². The summed E-state index contributed by atoms with van der Waals surface area (Å²) in [6.07, 6.45) is -1.81. The molecule has 0 radical (unpaired) electrons. The molecule has 0 spiro atoms. The zero-order valence-electron chi connectivity index (χ0n) is 13.8. The van der Waals surface area contributed by atoms with Crippen molar-refractivity contribution in [3.8, 4) is 17.2 Å². The van der Waals surface area contributed by atoms with Gasteiger partial charge in [-0.05, 0) is 36.8 Å². The summed E-state index contributed by atoms with van der Waals surface area (Å²) in [6, 6.07) is 5.30. The first-order chi connectivity index (χ1) is 12.8. The molecule has 9 heteroatoms. The molecule has 0 saturated carbocycles. The molecule has 2 heterocycles. The molecular formula is C18H14BrF3N2O3. The van der Waals surface area contributed by atoms with Crippen LogP contribution in [0.2, 0.25) is 0 Å². The van der Waals surface area contributed by atoms with Crippen LogP contribution in [-0.4, -0.2) is 23.5 Å². The van der Waals surface area contributed by atoms with E-state index in [-0.39, 0.29) is 24.3 Å². The number of fused-ring (bicyclic) bond motifs is 1. The summed E-state index contributed by atoms with van der Waals surface area (Å²) in [6.45, 7) is 3.64. The Morgan fingerprint density at radius 2 is 2.19 bits per heavy atom. The van der Waals surface area contributed by atoms with E-state index in [9.17, 15) is 18.0 Å². The molecule has 1 aliphatic rings. The number of benzene rings is 1. The number of nitrogens with zero attached hydrogens (tertiary/aromatic N) is 1. The van der Waals surface area contributed by atoms with Crippen molar-refractivity contribution in [2.75, 3.05) is 6.61 Å². The Morgan fingerprint density at radius 1 is 1.41 bits per heavy atom. The van der Waals surface area contributed by atoms with Crippen molar-refractivity contribution < 1.29 is 27.4 Å². The summed E-state index contributed by atoms with van der Waals surface area (Å²) in [5.74, 6) is 0.667. The summed E-state index contributed by atoms with van der Waals surface area (Å²) in [4.78, 5) is 14.8. The predicted molar refractivity (Wildman–Crippen MR) is 94.8 cm³/mol. The van der Waals surface area contributed by atoms with E-state index >= 15 is 0 Å². The SMILES string of the molecule is C=CC(=O)NC1COc2c(cc(Br)cc2Oc2ccc(C(F)(F)F)nc2)C1. The maximum absolute atomic E-state index is 12.6. The zero-order valence-corrected chi connectivity index (χ0v) is 15.4. The molecule has 3 rings (SSSR count). The summed E-state index contributed by atoms with van der Waals surface area (Å²) >= 11 is 3.37. The minimum absolute atomic E-state index is 0.147. The molecule has 1 aromatic heterocycles. The number of hydrogen-bond donors (Lipinski definition) is 1. The molecular weight excluding hydrogens is 429 g/mol. The number of hydrogen-bond acceptors (Lipinski definition) is 4. The van der Waals surface area contributed by atoms with Gasteiger partial charge in [-0.3, -0.25) is 4.79 Å². The molecule has 0 bridgehead atoms. The Balaban J connectivity index is 1.81. The maximum atomic E-state index is 12.6. The minimum atomic E-state index is -4.51. The first-order valence-electron chi connectivity index (χ1n) is 7.85. The lowest BCUT2D eigenvalue weighted by atomic mass is 10.0. The lowest BCUT2D eigenvalue weighted by molar-refractivity contribution is -0.141. The van der Waals surface area contributed by atoms with Crippen LogP contribution in [0.25, 0.3) is 0 Å². The van der Waals surface area contributed by atoms with Gasteiger partial charge in [0.2, 0.25) is 5.91 Å². The third-order valence-electron chi connectivity index (χ3n) is 3.78. The van der Waals surface area contributed by atoms with Gasteiger partial charge >= 0.3 is 6.18 Å². The van der Waals surface area contributed by atoms with Gasteiger partial charge < -0.3 is 14.8 Å². The van der Waals surface area contributed by atoms with Crippen LogP contribution in [0.1, 0.15) is 11.3 Å². The summed E-state index contributed by atoms with van der Waals surface area (Å²) < 4.78 is 49.9. The van der Waals surface area contributed by atoms with Gasteiger partial charge in [0.25, 0.3) is 0 Å². The van der Waals surface area contributed by atoms with Gasteiger partial charge in [-0.15, -0.1) is 0 Å². The highest BCUT2D eigenvalue weighted by atomic mass is 79.9. The van der Waals surface area contributed by atoms with Gasteiger partial charge in [-0.25, -0.2) is 4.98 Å². The van der Waals surface area contributed by atoms with E-state index in [0.717, 1.165) is 17.8 Å². The quantitative estimate of drug-likeness (QED) is 0.718. The molecule has 1 amide bonds. The molecule has 1 atom stereocenters. The molecule has 1 N–H and O–H groups in total. The number of rotatable bonds is 4. The average Bonchev–Trinajstić information content (AvgIpc) is 2.61. The Kier molecular flexibility index (Phi) is 5.41. The third kappa shape index (κ3) is 4.60. The van der Waals surface area contributed by atoms with Crippen molar-refractivity contribution in [3.05, 3.63) is 58.8 Å². The van der Waals surface area contributed by atoms with Crippen LogP contribution in [0, 0.1) is 0 Å². The fourth-order valence-corrected chi connectivity index (χ4v) is 3.09. The number of pyridine rings is 1. The largest absolute Gasteiger partial charge is 0.487 e. The van der Waals surface area contributed by atoms with Crippen molar-refractivity contribution >= 4 is 21.8 Å². The number of carbonyl (C=O) groups is 1. The van der Waals surface area contributed by atoms with Gasteiger partial charge in [-0.1, -0.05) is 22.5 Å². The highest BCUT2D eigenvalue weighted by Crippen LogP contribution is 2.40. The first kappa shape index (κ1) is 19.2. The predicted octanol–water partition coefficient (Wildman–Crippen LogP) is 4.26. The lowest BCUT2D eigenvalue weighted by Gasteiger charge is -2.27. The Bertz CT molecular complexity index is 869. The smallest absolute Gasteiger partial charge is 0.433 e. The summed E-state index contributed by atoms with van der Waals surface area (Å²) in [7, 11) is 0. The second-order valence-electron chi connectivity index (χ2n) is 5.80. The summed E-state index contributed by atoms with van der Waals surface area (Å²) in [5, 5.41) is 2.76. The van der Waals surface area contributed by atoms with E-state index in [1.807, 2.05) is 6.07 Å². The molecule has 0 fully saturated rings. The normalized spacial score (nSPS) is 16.1. The van der Waals surface area contributed by atoms with Crippen molar-refractivity contribution in [3.63, 3.8) is 0 Å². The van der Waals surface area contributed by atoms with Crippen LogP contribution >= 0.6 is 15.9 Å². The average molecular weight is 443 g/mol. The standard InChI is InChI=1S/C18H14BrF3N2O3/c1-2-16(25)24-12-6-10-5-11(19)7-14(17(10)26-9-12)27-13-3-4-15(23-8-13)18(20,21)22/h2-5,7-8,12H,1,6,9H2,(H,24,25). The van der Waals surface area contributed by atoms with Crippen LogP contribution in [0.15, 0.2) is 47.6 Å². The third-order valence-corrected chi connectivity index (χ3v) is 4.24. The number of carbonyl (C=O) groups excluding carboxylic acids is 1. The van der Waals surface area contributed by atoms with Crippen LogP contribution in [0.3, 0.4) is 0 Å².